The van der Waals surface area contributed by atoms with Gasteiger partial charge in [0, 0.05) is 22.0 Å². The van der Waals surface area contributed by atoms with Crippen LogP contribution in [0.5, 0.6) is 0 Å². The number of rotatable bonds is 5. The van der Waals surface area contributed by atoms with E-state index in [9.17, 15) is 0 Å². The Bertz CT molecular complexity index is 481. The minimum absolute atomic E-state index is 0.302. The van der Waals surface area contributed by atoms with Gasteiger partial charge in [-0.15, -0.1) is 11.3 Å². The molecule has 0 aliphatic rings. The molecule has 1 aromatic heterocycles. The highest BCUT2D eigenvalue weighted by Gasteiger charge is 2.14. The van der Waals surface area contributed by atoms with Crippen LogP contribution >= 0.6 is 22.9 Å². The molecule has 3 heteroatoms. The number of hydrogen-bond donors (Lipinski definition) is 1. The molecule has 0 saturated carbocycles. The lowest BCUT2D eigenvalue weighted by molar-refractivity contribution is 0.462. The molecule has 0 amide bonds. The smallest absolute Gasteiger partial charge is 0.0416 e. The van der Waals surface area contributed by atoms with Crippen LogP contribution in [0.25, 0.3) is 0 Å². The first-order valence-corrected chi connectivity index (χ1v) is 7.51. The molecule has 0 radical (unpaired) electrons. The van der Waals surface area contributed by atoms with Crippen LogP contribution in [0.15, 0.2) is 41.8 Å². The van der Waals surface area contributed by atoms with Gasteiger partial charge < -0.3 is 5.32 Å². The van der Waals surface area contributed by atoms with Crippen molar-refractivity contribution in [3.05, 3.63) is 57.2 Å². The first-order valence-electron chi connectivity index (χ1n) is 6.25. The molecule has 0 aliphatic carbocycles. The highest BCUT2D eigenvalue weighted by atomic mass is 35.5. The summed E-state index contributed by atoms with van der Waals surface area (Å²) in [6.45, 7) is 4.39. The van der Waals surface area contributed by atoms with Crippen LogP contribution in [-0.4, -0.2) is 0 Å². The maximum atomic E-state index is 6.03. The molecule has 0 aliphatic heterocycles. The average molecular weight is 280 g/mol. The van der Waals surface area contributed by atoms with Gasteiger partial charge in [-0.05, 0) is 42.5 Å². The SMILES string of the molecule is CCC(N[C@H](C)c1cccc(Cl)c1)c1cccs1. The van der Waals surface area contributed by atoms with E-state index in [4.69, 9.17) is 11.6 Å². The third-order valence-electron chi connectivity index (χ3n) is 3.09. The van der Waals surface area contributed by atoms with Gasteiger partial charge in [-0.2, -0.15) is 0 Å². The van der Waals surface area contributed by atoms with Gasteiger partial charge in [0.05, 0.1) is 0 Å². The van der Waals surface area contributed by atoms with E-state index < -0.39 is 0 Å². The molecule has 2 aromatic rings. The molecule has 0 fully saturated rings. The summed E-state index contributed by atoms with van der Waals surface area (Å²) in [5.41, 5.74) is 1.23. The molecule has 0 bridgehead atoms. The molecule has 0 saturated heterocycles. The van der Waals surface area contributed by atoms with Crippen molar-refractivity contribution in [2.45, 2.75) is 32.4 Å². The van der Waals surface area contributed by atoms with Crippen LogP contribution < -0.4 is 5.32 Å². The first kappa shape index (κ1) is 13.6. The third kappa shape index (κ3) is 3.35. The summed E-state index contributed by atoms with van der Waals surface area (Å²) in [5.74, 6) is 0. The van der Waals surface area contributed by atoms with E-state index in [1.165, 1.54) is 10.4 Å². The van der Waals surface area contributed by atoms with Gasteiger partial charge in [0.1, 0.15) is 0 Å². The van der Waals surface area contributed by atoms with Gasteiger partial charge in [-0.25, -0.2) is 0 Å². The summed E-state index contributed by atoms with van der Waals surface area (Å²) in [6, 6.07) is 13.1. The lowest BCUT2D eigenvalue weighted by Crippen LogP contribution is -2.23. The van der Waals surface area contributed by atoms with E-state index in [1.54, 1.807) is 0 Å². The molecular weight excluding hydrogens is 262 g/mol. The van der Waals surface area contributed by atoms with E-state index in [0.717, 1.165) is 11.4 Å². The summed E-state index contributed by atoms with van der Waals surface area (Å²) in [7, 11) is 0. The van der Waals surface area contributed by atoms with Gasteiger partial charge in [0.15, 0.2) is 0 Å². The molecular formula is C15H18ClNS. The van der Waals surface area contributed by atoms with Crippen LogP contribution in [-0.2, 0) is 0 Å². The first-order chi connectivity index (χ1) is 8.70. The maximum Gasteiger partial charge on any atom is 0.0416 e. The Labute approximate surface area is 118 Å². The number of hydrogen-bond acceptors (Lipinski definition) is 2. The Morgan fingerprint density at radius 1 is 1.28 bits per heavy atom. The third-order valence-corrected chi connectivity index (χ3v) is 4.32. The molecule has 0 spiro atoms. The van der Waals surface area contributed by atoms with Gasteiger partial charge in [-0.3, -0.25) is 0 Å². The molecule has 1 unspecified atom stereocenters. The Hall–Kier alpha value is -0.830. The lowest BCUT2D eigenvalue weighted by Gasteiger charge is -2.22. The second-order valence-electron chi connectivity index (χ2n) is 4.42. The fraction of sp³-hybridized carbons (Fsp3) is 0.333. The molecule has 2 rings (SSSR count). The second-order valence-corrected chi connectivity index (χ2v) is 5.84. The predicted octanol–water partition coefficient (Wildman–Crippen LogP) is 5.20. The molecule has 1 N–H and O–H groups in total. The lowest BCUT2D eigenvalue weighted by atomic mass is 10.1. The fourth-order valence-electron chi connectivity index (χ4n) is 2.06. The van der Waals surface area contributed by atoms with Crippen molar-refractivity contribution >= 4 is 22.9 Å². The zero-order valence-corrected chi connectivity index (χ0v) is 12.3. The van der Waals surface area contributed by atoms with E-state index in [2.05, 4.69) is 42.7 Å². The van der Waals surface area contributed by atoms with Crippen molar-refractivity contribution in [2.75, 3.05) is 0 Å². The summed E-state index contributed by atoms with van der Waals surface area (Å²) in [6.07, 6.45) is 1.09. The van der Waals surface area contributed by atoms with Crippen LogP contribution in [0.1, 0.15) is 42.8 Å². The molecule has 96 valence electrons. The van der Waals surface area contributed by atoms with Gasteiger partial charge >= 0.3 is 0 Å². The fourth-order valence-corrected chi connectivity index (χ4v) is 3.13. The summed E-state index contributed by atoms with van der Waals surface area (Å²) in [5, 5.41) is 6.59. The van der Waals surface area contributed by atoms with Gasteiger partial charge in [0.25, 0.3) is 0 Å². The van der Waals surface area contributed by atoms with Crippen molar-refractivity contribution in [3.8, 4) is 0 Å². The van der Waals surface area contributed by atoms with Crippen molar-refractivity contribution in [3.63, 3.8) is 0 Å². The summed E-state index contributed by atoms with van der Waals surface area (Å²) < 4.78 is 0. The molecule has 18 heavy (non-hydrogen) atoms. The second kappa shape index (κ2) is 6.37. The van der Waals surface area contributed by atoms with Crippen molar-refractivity contribution in [2.24, 2.45) is 0 Å². The van der Waals surface area contributed by atoms with Crippen LogP contribution in [0, 0.1) is 0 Å². The average Bonchev–Trinajstić information content (AvgIpc) is 2.89. The Kier molecular flexibility index (Phi) is 4.81. The Balaban J connectivity index is 2.08. The van der Waals surface area contributed by atoms with Crippen molar-refractivity contribution < 1.29 is 0 Å². The topological polar surface area (TPSA) is 12.0 Å². The number of thiophene rings is 1. The molecule has 1 aromatic carbocycles. The zero-order chi connectivity index (χ0) is 13.0. The van der Waals surface area contributed by atoms with Crippen molar-refractivity contribution in [1.82, 2.24) is 5.32 Å². The van der Waals surface area contributed by atoms with Crippen LogP contribution in [0.3, 0.4) is 0 Å². The minimum atomic E-state index is 0.302. The summed E-state index contributed by atoms with van der Waals surface area (Å²) >= 11 is 7.84. The van der Waals surface area contributed by atoms with E-state index >= 15 is 0 Å². The number of nitrogens with one attached hydrogen (secondary N) is 1. The van der Waals surface area contributed by atoms with E-state index in [1.807, 2.05) is 29.5 Å². The maximum absolute atomic E-state index is 6.03. The normalized spacial score (nSPS) is 14.4. The number of benzene rings is 1. The zero-order valence-electron chi connectivity index (χ0n) is 10.7. The standard InChI is InChI=1S/C15H18ClNS/c1-3-14(15-8-5-9-18-15)17-11(2)12-6-4-7-13(16)10-12/h4-11,14,17H,3H2,1-2H3/t11-,14?/m1/s1. The van der Waals surface area contributed by atoms with Gasteiger partial charge in [-0.1, -0.05) is 36.7 Å². The highest BCUT2D eigenvalue weighted by Crippen LogP contribution is 2.26. The highest BCUT2D eigenvalue weighted by molar-refractivity contribution is 7.10. The van der Waals surface area contributed by atoms with E-state index in [-0.39, 0.29) is 0 Å². The molecule has 2 atom stereocenters. The van der Waals surface area contributed by atoms with Gasteiger partial charge in [0.2, 0.25) is 0 Å². The Morgan fingerprint density at radius 2 is 2.11 bits per heavy atom. The molecule has 1 heterocycles. The quantitative estimate of drug-likeness (QED) is 0.793. The monoisotopic (exact) mass is 279 g/mol. The predicted molar refractivity (Wildman–Crippen MR) is 80.4 cm³/mol. The largest absolute Gasteiger partial charge is 0.303 e. The number of halogens is 1. The molecule has 1 nitrogen and oxygen atoms in total. The van der Waals surface area contributed by atoms with Crippen LogP contribution in [0.4, 0.5) is 0 Å². The Morgan fingerprint density at radius 3 is 2.72 bits per heavy atom. The van der Waals surface area contributed by atoms with E-state index in [0.29, 0.717) is 12.1 Å². The van der Waals surface area contributed by atoms with Crippen molar-refractivity contribution in [1.29, 1.82) is 0 Å². The minimum Gasteiger partial charge on any atom is -0.303 e. The summed E-state index contributed by atoms with van der Waals surface area (Å²) in [4.78, 5) is 1.39. The van der Waals surface area contributed by atoms with Crippen LogP contribution in [0.2, 0.25) is 5.02 Å².